The van der Waals surface area contributed by atoms with Crippen LogP contribution in [0.1, 0.15) is 37.7 Å². The van der Waals surface area contributed by atoms with E-state index in [2.05, 4.69) is 25.8 Å². The Morgan fingerprint density at radius 2 is 2.24 bits per heavy atom. The fourth-order valence-corrected chi connectivity index (χ4v) is 3.20. The van der Waals surface area contributed by atoms with Gasteiger partial charge in [0.15, 0.2) is 17.6 Å². The van der Waals surface area contributed by atoms with Crippen molar-refractivity contribution in [3.8, 4) is 0 Å². The number of guanidine groups is 1. The fraction of sp³-hybridized carbons (Fsp3) is 0.550. The molecule has 3 rings (SSSR count). The molecular weight excluding hydrogens is 378 g/mol. The first-order valence-electron chi connectivity index (χ1n) is 10.0. The predicted molar refractivity (Wildman–Crippen MR) is 107 cm³/mol. The van der Waals surface area contributed by atoms with Crippen molar-refractivity contribution in [3.63, 3.8) is 0 Å². The number of nitrogens with zero attached hydrogens (tertiary/aromatic N) is 4. The SMILES string of the molecule is CCc1nncn1CCNC(=NCC1CCOC1)NC(C)c1ccc(F)c(F)c1. The first-order valence-corrected chi connectivity index (χ1v) is 10.0. The van der Waals surface area contributed by atoms with E-state index in [4.69, 9.17) is 4.74 Å². The van der Waals surface area contributed by atoms with Gasteiger partial charge in [-0.05, 0) is 31.0 Å². The highest BCUT2D eigenvalue weighted by Gasteiger charge is 2.16. The van der Waals surface area contributed by atoms with E-state index in [0.717, 1.165) is 37.9 Å². The van der Waals surface area contributed by atoms with Crippen LogP contribution in [0.15, 0.2) is 29.5 Å². The van der Waals surface area contributed by atoms with Gasteiger partial charge in [-0.3, -0.25) is 4.99 Å². The van der Waals surface area contributed by atoms with E-state index < -0.39 is 11.6 Å². The molecule has 0 aliphatic carbocycles. The third-order valence-corrected chi connectivity index (χ3v) is 4.99. The van der Waals surface area contributed by atoms with Gasteiger partial charge in [0.1, 0.15) is 12.2 Å². The number of aliphatic imine (C=N–C) groups is 1. The van der Waals surface area contributed by atoms with E-state index in [1.54, 1.807) is 12.4 Å². The van der Waals surface area contributed by atoms with Crippen molar-refractivity contribution < 1.29 is 13.5 Å². The first kappa shape index (κ1) is 21.2. The van der Waals surface area contributed by atoms with E-state index in [9.17, 15) is 8.78 Å². The van der Waals surface area contributed by atoms with Crippen LogP contribution in [0.2, 0.25) is 0 Å². The summed E-state index contributed by atoms with van der Waals surface area (Å²) in [6.45, 7) is 7.39. The fourth-order valence-electron chi connectivity index (χ4n) is 3.20. The molecule has 0 radical (unpaired) electrons. The number of aromatic nitrogens is 3. The molecule has 29 heavy (non-hydrogen) atoms. The number of benzene rings is 1. The number of ether oxygens (including phenoxy) is 1. The van der Waals surface area contributed by atoms with Gasteiger partial charge >= 0.3 is 0 Å². The molecule has 1 aromatic heterocycles. The highest BCUT2D eigenvalue weighted by Crippen LogP contribution is 2.16. The number of rotatable bonds is 8. The number of hydrogen-bond acceptors (Lipinski definition) is 4. The lowest BCUT2D eigenvalue weighted by molar-refractivity contribution is 0.187. The number of nitrogens with one attached hydrogen (secondary N) is 2. The van der Waals surface area contributed by atoms with Crippen molar-refractivity contribution in [2.45, 2.75) is 39.3 Å². The van der Waals surface area contributed by atoms with Gasteiger partial charge < -0.3 is 19.9 Å². The van der Waals surface area contributed by atoms with Crippen molar-refractivity contribution in [1.29, 1.82) is 0 Å². The molecule has 1 aromatic carbocycles. The molecule has 1 saturated heterocycles. The van der Waals surface area contributed by atoms with Crippen LogP contribution < -0.4 is 10.6 Å². The van der Waals surface area contributed by atoms with Crippen LogP contribution in [0.5, 0.6) is 0 Å². The minimum Gasteiger partial charge on any atom is -0.381 e. The summed E-state index contributed by atoms with van der Waals surface area (Å²) in [5.41, 5.74) is 0.648. The molecule has 0 amide bonds. The van der Waals surface area contributed by atoms with Crippen molar-refractivity contribution in [2.75, 3.05) is 26.3 Å². The van der Waals surface area contributed by atoms with E-state index in [1.807, 2.05) is 18.4 Å². The van der Waals surface area contributed by atoms with Crippen LogP contribution in [0.25, 0.3) is 0 Å². The summed E-state index contributed by atoms with van der Waals surface area (Å²) in [7, 11) is 0. The zero-order valence-corrected chi connectivity index (χ0v) is 16.9. The second-order valence-electron chi connectivity index (χ2n) is 7.18. The van der Waals surface area contributed by atoms with Crippen molar-refractivity contribution in [2.24, 2.45) is 10.9 Å². The summed E-state index contributed by atoms with van der Waals surface area (Å²) in [4.78, 5) is 4.68. The lowest BCUT2D eigenvalue weighted by Crippen LogP contribution is -2.40. The topological polar surface area (TPSA) is 76.4 Å². The number of hydrogen-bond donors (Lipinski definition) is 2. The molecule has 9 heteroatoms. The molecule has 7 nitrogen and oxygen atoms in total. The third kappa shape index (κ3) is 5.96. The Morgan fingerprint density at radius 1 is 1.38 bits per heavy atom. The Kier molecular flexibility index (Phi) is 7.51. The molecule has 2 heterocycles. The Hall–Kier alpha value is -2.55. The van der Waals surface area contributed by atoms with Gasteiger partial charge in [0.25, 0.3) is 0 Å². The molecule has 1 aliphatic heterocycles. The first-order chi connectivity index (χ1) is 14.1. The number of aryl methyl sites for hydroxylation is 1. The highest BCUT2D eigenvalue weighted by molar-refractivity contribution is 5.80. The molecule has 2 aromatic rings. The van der Waals surface area contributed by atoms with Crippen molar-refractivity contribution in [3.05, 3.63) is 47.5 Å². The predicted octanol–water partition coefficient (Wildman–Crippen LogP) is 2.45. The maximum Gasteiger partial charge on any atom is 0.191 e. The van der Waals surface area contributed by atoms with Gasteiger partial charge in [-0.1, -0.05) is 13.0 Å². The van der Waals surface area contributed by atoms with Crippen LogP contribution >= 0.6 is 0 Å². The molecule has 2 atom stereocenters. The molecule has 0 spiro atoms. The maximum absolute atomic E-state index is 13.6. The van der Waals surface area contributed by atoms with Crippen molar-refractivity contribution in [1.82, 2.24) is 25.4 Å². The zero-order chi connectivity index (χ0) is 20.6. The lowest BCUT2D eigenvalue weighted by Gasteiger charge is -2.20. The van der Waals surface area contributed by atoms with Crippen LogP contribution in [0.4, 0.5) is 8.78 Å². The van der Waals surface area contributed by atoms with Crippen LogP contribution in [0, 0.1) is 17.6 Å². The van der Waals surface area contributed by atoms with E-state index in [-0.39, 0.29) is 6.04 Å². The molecule has 2 N–H and O–H groups in total. The zero-order valence-electron chi connectivity index (χ0n) is 16.9. The minimum atomic E-state index is -0.856. The third-order valence-electron chi connectivity index (χ3n) is 4.99. The lowest BCUT2D eigenvalue weighted by atomic mass is 10.1. The molecular formula is C20H28F2N6O. The van der Waals surface area contributed by atoms with Gasteiger partial charge in [0, 0.05) is 38.6 Å². The summed E-state index contributed by atoms with van der Waals surface area (Å²) in [5.74, 6) is 0.244. The van der Waals surface area contributed by atoms with Gasteiger partial charge in [-0.2, -0.15) is 0 Å². The monoisotopic (exact) mass is 406 g/mol. The van der Waals surface area contributed by atoms with Crippen LogP contribution in [-0.2, 0) is 17.7 Å². The van der Waals surface area contributed by atoms with E-state index in [0.29, 0.717) is 37.1 Å². The normalized spacial score (nSPS) is 18.1. The quantitative estimate of drug-likeness (QED) is 0.520. The van der Waals surface area contributed by atoms with Gasteiger partial charge in [-0.25, -0.2) is 8.78 Å². The largest absolute Gasteiger partial charge is 0.381 e. The van der Waals surface area contributed by atoms with Gasteiger partial charge in [0.05, 0.1) is 12.6 Å². The number of halogens is 2. The van der Waals surface area contributed by atoms with Crippen LogP contribution in [-0.4, -0.2) is 47.0 Å². The van der Waals surface area contributed by atoms with Crippen molar-refractivity contribution >= 4 is 5.96 Å². The summed E-state index contributed by atoms with van der Waals surface area (Å²) in [6.07, 6.45) is 3.52. The molecule has 0 bridgehead atoms. The Labute approximate surface area is 169 Å². The maximum atomic E-state index is 13.6. The van der Waals surface area contributed by atoms with E-state index in [1.165, 1.54) is 6.07 Å². The molecule has 1 aliphatic rings. The standard InChI is InChI=1S/C20H28F2N6O/c1-3-19-27-25-13-28(19)8-7-23-20(24-11-15-6-9-29-12-15)26-14(2)16-4-5-17(21)18(22)10-16/h4-5,10,13-15H,3,6-9,11-12H2,1-2H3,(H2,23,24,26). The van der Waals surface area contributed by atoms with Gasteiger partial charge in [0.2, 0.25) is 0 Å². The second-order valence-corrected chi connectivity index (χ2v) is 7.18. The highest BCUT2D eigenvalue weighted by atomic mass is 19.2. The molecule has 158 valence electrons. The summed E-state index contributed by atoms with van der Waals surface area (Å²) < 4.78 is 34.2. The van der Waals surface area contributed by atoms with E-state index >= 15 is 0 Å². The average molecular weight is 406 g/mol. The summed E-state index contributed by atoms with van der Waals surface area (Å²) in [6, 6.07) is 3.68. The smallest absolute Gasteiger partial charge is 0.191 e. The summed E-state index contributed by atoms with van der Waals surface area (Å²) in [5, 5.41) is 14.6. The molecule has 2 unspecified atom stereocenters. The Bertz CT molecular complexity index is 819. The molecule has 0 saturated carbocycles. The van der Waals surface area contributed by atoms with Crippen LogP contribution in [0.3, 0.4) is 0 Å². The minimum absolute atomic E-state index is 0.239. The Morgan fingerprint density at radius 3 is 2.97 bits per heavy atom. The summed E-state index contributed by atoms with van der Waals surface area (Å²) >= 11 is 0. The van der Waals surface area contributed by atoms with Gasteiger partial charge in [-0.15, -0.1) is 10.2 Å². The average Bonchev–Trinajstić information content (AvgIpc) is 3.39. The second kappa shape index (κ2) is 10.3. The Balaban J connectivity index is 1.63. The molecule has 1 fully saturated rings.